The summed E-state index contributed by atoms with van der Waals surface area (Å²) in [5.41, 5.74) is 4.05. The quantitative estimate of drug-likeness (QED) is 0.786. The van der Waals surface area contributed by atoms with Gasteiger partial charge in [-0.05, 0) is 36.6 Å². The number of aryl methyl sites for hydroxylation is 2. The first-order valence-electron chi connectivity index (χ1n) is 6.90. The minimum atomic E-state index is -0.307. The Bertz CT molecular complexity index is 585. The Morgan fingerprint density at radius 3 is 2.45 bits per heavy atom. The van der Waals surface area contributed by atoms with Crippen molar-refractivity contribution in [1.29, 1.82) is 0 Å². The van der Waals surface area contributed by atoms with Gasteiger partial charge in [-0.25, -0.2) is 4.79 Å². The first kappa shape index (κ1) is 14.3. The van der Waals surface area contributed by atoms with Crippen LogP contribution in [0.25, 0.3) is 0 Å². The third-order valence-electron chi connectivity index (χ3n) is 3.35. The molecule has 0 radical (unpaired) electrons. The van der Waals surface area contributed by atoms with E-state index in [1.807, 2.05) is 16.8 Å². The number of hydrogen-bond acceptors (Lipinski definition) is 3. The second kappa shape index (κ2) is 6.37. The Hall–Kier alpha value is -2.10. The van der Waals surface area contributed by atoms with Crippen LogP contribution in [0.1, 0.15) is 41.2 Å². The van der Waals surface area contributed by atoms with E-state index in [1.165, 1.54) is 12.8 Å². The second-order valence-corrected chi connectivity index (χ2v) is 4.68. The maximum absolute atomic E-state index is 11.4. The second-order valence-electron chi connectivity index (χ2n) is 4.68. The lowest BCUT2D eigenvalue weighted by atomic mass is 10.1. The van der Waals surface area contributed by atoms with E-state index in [0.717, 1.165) is 30.6 Å². The molecule has 4 nitrogen and oxygen atoms in total. The van der Waals surface area contributed by atoms with Crippen molar-refractivity contribution >= 4 is 5.97 Å². The molecule has 0 saturated heterocycles. The molecule has 106 valence electrons. The molecule has 1 aromatic heterocycles. The highest BCUT2D eigenvalue weighted by Gasteiger charge is 2.07. The fourth-order valence-corrected chi connectivity index (χ4v) is 2.15. The number of carbonyl (C=O) groups is 1. The van der Waals surface area contributed by atoms with Crippen molar-refractivity contribution in [3.63, 3.8) is 0 Å². The lowest BCUT2D eigenvalue weighted by Crippen LogP contribution is -2.07. The van der Waals surface area contributed by atoms with Gasteiger partial charge in [0.25, 0.3) is 0 Å². The molecule has 20 heavy (non-hydrogen) atoms. The summed E-state index contributed by atoms with van der Waals surface area (Å²) >= 11 is 0. The van der Waals surface area contributed by atoms with Crippen LogP contribution in [-0.2, 0) is 24.1 Å². The number of rotatable bonds is 5. The molecule has 0 saturated carbocycles. The van der Waals surface area contributed by atoms with Crippen LogP contribution in [0.2, 0.25) is 0 Å². The van der Waals surface area contributed by atoms with Crippen molar-refractivity contribution < 1.29 is 9.53 Å². The van der Waals surface area contributed by atoms with Gasteiger partial charge in [0.15, 0.2) is 0 Å². The van der Waals surface area contributed by atoms with Crippen LogP contribution in [0.5, 0.6) is 0 Å². The van der Waals surface area contributed by atoms with Crippen molar-refractivity contribution in [3.8, 4) is 0 Å². The van der Waals surface area contributed by atoms with Gasteiger partial charge in [-0.2, -0.15) is 5.10 Å². The molecule has 0 atom stereocenters. The molecule has 0 aliphatic carbocycles. The molecule has 4 heteroatoms. The Labute approximate surface area is 119 Å². The highest BCUT2D eigenvalue weighted by atomic mass is 16.5. The number of ether oxygens (including phenoxy) is 1. The van der Waals surface area contributed by atoms with Gasteiger partial charge in [0.2, 0.25) is 0 Å². The number of benzene rings is 1. The molecule has 0 aliphatic heterocycles. The number of methoxy groups -OCH3 is 1. The van der Waals surface area contributed by atoms with E-state index in [9.17, 15) is 4.79 Å². The molecule has 0 N–H and O–H groups in total. The van der Waals surface area contributed by atoms with Gasteiger partial charge in [-0.3, -0.25) is 4.68 Å². The first-order chi connectivity index (χ1) is 9.67. The maximum atomic E-state index is 11.4. The van der Waals surface area contributed by atoms with E-state index in [2.05, 4.69) is 25.0 Å². The number of aromatic nitrogens is 2. The predicted octanol–water partition coefficient (Wildman–Crippen LogP) is 2.84. The van der Waals surface area contributed by atoms with Crippen LogP contribution in [0.4, 0.5) is 0 Å². The highest BCUT2D eigenvalue weighted by Crippen LogP contribution is 2.11. The average Bonchev–Trinajstić information content (AvgIpc) is 2.89. The number of carbonyl (C=O) groups excluding carboxylic acids is 1. The number of nitrogens with zero attached hydrogens (tertiary/aromatic N) is 2. The zero-order chi connectivity index (χ0) is 14.5. The third kappa shape index (κ3) is 3.07. The zero-order valence-electron chi connectivity index (χ0n) is 12.2. The van der Waals surface area contributed by atoms with Crippen molar-refractivity contribution in [2.75, 3.05) is 7.11 Å². The van der Waals surface area contributed by atoms with E-state index in [-0.39, 0.29) is 5.97 Å². The van der Waals surface area contributed by atoms with Crippen molar-refractivity contribution in [2.45, 2.75) is 33.2 Å². The maximum Gasteiger partial charge on any atom is 0.337 e. The Morgan fingerprint density at radius 2 is 1.90 bits per heavy atom. The van der Waals surface area contributed by atoms with E-state index < -0.39 is 0 Å². The van der Waals surface area contributed by atoms with Gasteiger partial charge in [0, 0.05) is 5.69 Å². The minimum Gasteiger partial charge on any atom is -0.465 e. The molecular formula is C16H20N2O2. The standard InChI is InChI=1S/C16H20N2O2/c1-4-14-10-15(5-2)18(17-14)11-12-6-8-13(9-7-12)16(19)20-3/h6-10H,4-5,11H2,1-3H3. The molecule has 0 unspecified atom stereocenters. The van der Waals surface area contributed by atoms with E-state index in [1.54, 1.807) is 12.1 Å². The number of hydrogen-bond donors (Lipinski definition) is 0. The Kier molecular flexibility index (Phi) is 4.56. The molecule has 2 rings (SSSR count). The summed E-state index contributed by atoms with van der Waals surface area (Å²) in [5, 5.41) is 4.59. The molecule has 0 fully saturated rings. The van der Waals surface area contributed by atoms with Crippen LogP contribution in [0.15, 0.2) is 30.3 Å². The molecule has 1 aromatic carbocycles. The topological polar surface area (TPSA) is 44.1 Å². The fraction of sp³-hybridized carbons (Fsp3) is 0.375. The smallest absolute Gasteiger partial charge is 0.337 e. The molecule has 0 spiro atoms. The predicted molar refractivity (Wildman–Crippen MR) is 77.9 cm³/mol. The third-order valence-corrected chi connectivity index (χ3v) is 3.35. The first-order valence-corrected chi connectivity index (χ1v) is 6.90. The summed E-state index contributed by atoms with van der Waals surface area (Å²) < 4.78 is 6.73. The summed E-state index contributed by atoms with van der Waals surface area (Å²) in [6, 6.07) is 9.62. The number of esters is 1. The normalized spacial score (nSPS) is 10.6. The van der Waals surface area contributed by atoms with Gasteiger partial charge in [0.05, 0.1) is 24.9 Å². The molecule has 2 aromatic rings. The van der Waals surface area contributed by atoms with Crippen molar-refractivity contribution in [2.24, 2.45) is 0 Å². The molecule has 1 heterocycles. The van der Waals surface area contributed by atoms with Crippen LogP contribution < -0.4 is 0 Å². The average molecular weight is 272 g/mol. The molecule has 0 aliphatic rings. The van der Waals surface area contributed by atoms with Crippen LogP contribution in [-0.4, -0.2) is 22.9 Å². The van der Waals surface area contributed by atoms with Gasteiger partial charge in [-0.15, -0.1) is 0 Å². The van der Waals surface area contributed by atoms with Gasteiger partial charge in [-0.1, -0.05) is 26.0 Å². The summed E-state index contributed by atoms with van der Waals surface area (Å²) in [5.74, 6) is -0.307. The summed E-state index contributed by atoms with van der Waals surface area (Å²) in [7, 11) is 1.39. The largest absolute Gasteiger partial charge is 0.465 e. The van der Waals surface area contributed by atoms with Gasteiger partial charge >= 0.3 is 5.97 Å². The minimum absolute atomic E-state index is 0.307. The molecular weight excluding hydrogens is 252 g/mol. The van der Waals surface area contributed by atoms with Crippen LogP contribution >= 0.6 is 0 Å². The fourth-order valence-electron chi connectivity index (χ4n) is 2.15. The van der Waals surface area contributed by atoms with Crippen LogP contribution in [0.3, 0.4) is 0 Å². The van der Waals surface area contributed by atoms with E-state index in [0.29, 0.717) is 5.56 Å². The highest BCUT2D eigenvalue weighted by molar-refractivity contribution is 5.89. The lowest BCUT2D eigenvalue weighted by molar-refractivity contribution is 0.0600. The van der Waals surface area contributed by atoms with Crippen molar-refractivity contribution in [3.05, 3.63) is 52.8 Å². The Morgan fingerprint density at radius 1 is 1.20 bits per heavy atom. The summed E-state index contributed by atoms with van der Waals surface area (Å²) in [6.07, 6.45) is 1.91. The Balaban J connectivity index is 2.17. The monoisotopic (exact) mass is 272 g/mol. The molecule has 0 amide bonds. The zero-order valence-corrected chi connectivity index (χ0v) is 12.2. The van der Waals surface area contributed by atoms with E-state index >= 15 is 0 Å². The van der Waals surface area contributed by atoms with Gasteiger partial charge < -0.3 is 4.74 Å². The van der Waals surface area contributed by atoms with Gasteiger partial charge in [0.1, 0.15) is 0 Å². The van der Waals surface area contributed by atoms with Crippen LogP contribution in [0, 0.1) is 0 Å². The SMILES string of the molecule is CCc1cc(CC)n(Cc2ccc(C(=O)OC)cc2)n1. The summed E-state index contributed by atoms with van der Waals surface area (Å²) in [6.45, 7) is 4.97. The van der Waals surface area contributed by atoms with E-state index in [4.69, 9.17) is 4.74 Å². The molecule has 0 bridgehead atoms. The van der Waals surface area contributed by atoms with Crippen molar-refractivity contribution in [1.82, 2.24) is 9.78 Å². The lowest BCUT2D eigenvalue weighted by Gasteiger charge is -2.07. The summed E-state index contributed by atoms with van der Waals surface area (Å²) in [4.78, 5) is 11.4.